The number of pyridine rings is 1. The number of aryl methyl sites for hydroxylation is 2. The van der Waals surface area contributed by atoms with Crippen LogP contribution < -0.4 is 0 Å². The van der Waals surface area contributed by atoms with Gasteiger partial charge in [-0.15, -0.1) is 0 Å². The van der Waals surface area contributed by atoms with Crippen molar-refractivity contribution in [1.29, 1.82) is 0 Å². The molecule has 0 fully saturated rings. The molecular formula is C17H19NO2. The molecule has 0 spiro atoms. The van der Waals surface area contributed by atoms with Gasteiger partial charge in [0, 0.05) is 5.56 Å². The van der Waals surface area contributed by atoms with Gasteiger partial charge in [-0.25, -0.2) is 4.79 Å². The maximum Gasteiger partial charge on any atom is 0.337 e. The summed E-state index contributed by atoms with van der Waals surface area (Å²) in [6.07, 6.45) is 0. The van der Waals surface area contributed by atoms with Crippen molar-refractivity contribution in [2.24, 2.45) is 0 Å². The molecule has 0 amide bonds. The fourth-order valence-electron chi connectivity index (χ4n) is 2.38. The topological polar surface area (TPSA) is 50.2 Å². The molecule has 3 heteroatoms. The van der Waals surface area contributed by atoms with Crippen LogP contribution in [0.1, 0.15) is 46.9 Å². The van der Waals surface area contributed by atoms with Crippen LogP contribution in [0, 0.1) is 13.8 Å². The van der Waals surface area contributed by atoms with Gasteiger partial charge in [0.2, 0.25) is 0 Å². The SMILES string of the molecule is Cc1cc(C)cc(-c2ccc(C(=O)O)c(C(C)C)n2)c1. The van der Waals surface area contributed by atoms with Crippen LogP contribution in [0.25, 0.3) is 11.3 Å². The zero-order valence-corrected chi connectivity index (χ0v) is 12.3. The average molecular weight is 269 g/mol. The summed E-state index contributed by atoms with van der Waals surface area (Å²) in [7, 11) is 0. The number of carbonyl (C=O) groups is 1. The van der Waals surface area contributed by atoms with Crippen LogP contribution in [0.2, 0.25) is 0 Å². The molecule has 0 aliphatic carbocycles. The predicted octanol–water partition coefficient (Wildman–Crippen LogP) is 4.19. The van der Waals surface area contributed by atoms with E-state index in [2.05, 4.69) is 23.2 Å². The van der Waals surface area contributed by atoms with Gasteiger partial charge in [0.1, 0.15) is 0 Å². The minimum Gasteiger partial charge on any atom is -0.478 e. The number of aromatic carboxylic acids is 1. The Morgan fingerprint density at radius 2 is 1.70 bits per heavy atom. The normalized spacial score (nSPS) is 10.8. The molecular weight excluding hydrogens is 250 g/mol. The molecule has 0 aliphatic rings. The van der Waals surface area contributed by atoms with Crippen LogP contribution in [0.3, 0.4) is 0 Å². The van der Waals surface area contributed by atoms with E-state index in [0.29, 0.717) is 5.69 Å². The van der Waals surface area contributed by atoms with E-state index in [0.717, 1.165) is 11.3 Å². The summed E-state index contributed by atoms with van der Waals surface area (Å²) in [6, 6.07) is 9.68. The Morgan fingerprint density at radius 3 is 2.20 bits per heavy atom. The van der Waals surface area contributed by atoms with Crippen molar-refractivity contribution in [2.45, 2.75) is 33.6 Å². The van der Waals surface area contributed by atoms with E-state index in [1.54, 1.807) is 12.1 Å². The lowest BCUT2D eigenvalue weighted by atomic mass is 10.00. The van der Waals surface area contributed by atoms with E-state index in [1.807, 2.05) is 27.7 Å². The first-order valence-corrected chi connectivity index (χ1v) is 6.71. The highest BCUT2D eigenvalue weighted by molar-refractivity contribution is 5.89. The first-order valence-electron chi connectivity index (χ1n) is 6.71. The zero-order chi connectivity index (χ0) is 14.9. The van der Waals surface area contributed by atoms with Crippen LogP contribution in [0.15, 0.2) is 30.3 Å². The van der Waals surface area contributed by atoms with Crippen LogP contribution in [0.4, 0.5) is 0 Å². The lowest BCUT2D eigenvalue weighted by Crippen LogP contribution is -2.07. The monoisotopic (exact) mass is 269 g/mol. The maximum absolute atomic E-state index is 11.2. The molecule has 3 nitrogen and oxygen atoms in total. The third kappa shape index (κ3) is 2.87. The van der Waals surface area contributed by atoms with Crippen molar-refractivity contribution in [3.8, 4) is 11.3 Å². The van der Waals surface area contributed by atoms with E-state index in [4.69, 9.17) is 0 Å². The Hall–Kier alpha value is -2.16. The van der Waals surface area contributed by atoms with Crippen molar-refractivity contribution in [1.82, 2.24) is 4.98 Å². The molecule has 1 aromatic carbocycles. The summed E-state index contributed by atoms with van der Waals surface area (Å²) in [5.74, 6) is -0.847. The number of hydrogen-bond donors (Lipinski definition) is 1. The second-order valence-corrected chi connectivity index (χ2v) is 5.47. The standard InChI is InChI=1S/C17H19NO2/c1-10(2)16-14(17(19)20)5-6-15(18-16)13-8-11(3)7-12(4)9-13/h5-10H,1-4H3,(H,19,20). The average Bonchev–Trinajstić information content (AvgIpc) is 2.36. The highest BCUT2D eigenvalue weighted by Crippen LogP contribution is 2.25. The Labute approximate surface area is 119 Å². The Balaban J connectivity index is 2.58. The van der Waals surface area contributed by atoms with Gasteiger partial charge >= 0.3 is 5.97 Å². The molecule has 1 N–H and O–H groups in total. The van der Waals surface area contributed by atoms with Gasteiger partial charge in [0.15, 0.2) is 0 Å². The van der Waals surface area contributed by atoms with E-state index < -0.39 is 5.97 Å². The molecule has 20 heavy (non-hydrogen) atoms. The van der Waals surface area contributed by atoms with Crippen LogP contribution in [0.5, 0.6) is 0 Å². The quantitative estimate of drug-likeness (QED) is 0.909. The van der Waals surface area contributed by atoms with Crippen LogP contribution in [-0.2, 0) is 0 Å². The molecule has 0 saturated heterocycles. The third-order valence-electron chi connectivity index (χ3n) is 3.22. The number of benzene rings is 1. The molecule has 2 aromatic rings. The Kier molecular flexibility index (Phi) is 3.89. The molecule has 0 atom stereocenters. The molecule has 0 unspecified atom stereocenters. The van der Waals surface area contributed by atoms with E-state index in [9.17, 15) is 9.90 Å². The predicted molar refractivity (Wildman–Crippen MR) is 80.2 cm³/mol. The second-order valence-electron chi connectivity index (χ2n) is 5.47. The van der Waals surface area contributed by atoms with Gasteiger partial charge in [0.05, 0.1) is 17.0 Å². The Morgan fingerprint density at radius 1 is 1.10 bits per heavy atom. The number of carboxylic acids is 1. The van der Waals surface area contributed by atoms with Gasteiger partial charge in [-0.3, -0.25) is 4.98 Å². The molecule has 1 aromatic heterocycles. The zero-order valence-electron chi connectivity index (χ0n) is 12.3. The maximum atomic E-state index is 11.2. The summed E-state index contributed by atoms with van der Waals surface area (Å²) in [4.78, 5) is 15.8. The fraction of sp³-hybridized carbons (Fsp3) is 0.294. The van der Waals surface area contributed by atoms with Crippen molar-refractivity contribution in [3.05, 3.63) is 52.7 Å². The third-order valence-corrected chi connectivity index (χ3v) is 3.22. The summed E-state index contributed by atoms with van der Waals surface area (Å²) < 4.78 is 0. The molecule has 0 saturated carbocycles. The van der Waals surface area contributed by atoms with Gasteiger partial charge in [-0.1, -0.05) is 31.0 Å². The van der Waals surface area contributed by atoms with E-state index in [-0.39, 0.29) is 11.5 Å². The second kappa shape index (κ2) is 5.45. The number of rotatable bonds is 3. The highest BCUT2D eigenvalue weighted by Gasteiger charge is 2.15. The first-order chi connectivity index (χ1) is 9.38. The molecule has 0 aliphatic heterocycles. The first kappa shape index (κ1) is 14.3. The number of nitrogens with zero attached hydrogens (tertiary/aromatic N) is 1. The summed E-state index contributed by atoms with van der Waals surface area (Å²) in [6.45, 7) is 8.01. The molecule has 0 radical (unpaired) electrons. The summed E-state index contributed by atoms with van der Waals surface area (Å²) in [5.41, 5.74) is 5.12. The molecule has 1 heterocycles. The van der Waals surface area contributed by atoms with Gasteiger partial charge in [-0.05, 0) is 44.0 Å². The molecule has 104 valence electrons. The molecule has 2 rings (SSSR count). The fourth-order valence-corrected chi connectivity index (χ4v) is 2.38. The van der Waals surface area contributed by atoms with Crippen molar-refractivity contribution in [3.63, 3.8) is 0 Å². The van der Waals surface area contributed by atoms with Crippen molar-refractivity contribution < 1.29 is 9.90 Å². The van der Waals surface area contributed by atoms with Crippen LogP contribution in [-0.4, -0.2) is 16.1 Å². The Bertz CT molecular complexity index is 640. The van der Waals surface area contributed by atoms with Gasteiger partial charge < -0.3 is 5.11 Å². The van der Waals surface area contributed by atoms with Crippen LogP contribution >= 0.6 is 0 Å². The smallest absolute Gasteiger partial charge is 0.337 e. The molecule has 0 bridgehead atoms. The number of aromatic nitrogens is 1. The van der Waals surface area contributed by atoms with E-state index in [1.165, 1.54) is 11.1 Å². The van der Waals surface area contributed by atoms with Gasteiger partial charge in [0.25, 0.3) is 0 Å². The van der Waals surface area contributed by atoms with Gasteiger partial charge in [-0.2, -0.15) is 0 Å². The number of hydrogen-bond acceptors (Lipinski definition) is 2. The minimum absolute atomic E-state index is 0.0759. The van der Waals surface area contributed by atoms with E-state index >= 15 is 0 Å². The lowest BCUT2D eigenvalue weighted by molar-refractivity contribution is 0.0694. The van der Waals surface area contributed by atoms with Crippen molar-refractivity contribution in [2.75, 3.05) is 0 Å². The highest BCUT2D eigenvalue weighted by atomic mass is 16.4. The summed E-state index contributed by atoms with van der Waals surface area (Å²) >= 11 is 0. The summed E-state index contributed by atoms with van der Waals surface area (Å²) in [5, 5.41) is 9.22. The largest absolute Gasteiger partial charge is 0.478 e. The minimum atomic E-state index is -0.923. The van der Waals surface area contributed by atoms with Crippen molar-refractivity contribution >= 4 is 5.97 Å². The number of carboxylic acid groups (broad SMARTS) is 1. The lowest BCUT2D eigenvalue weighted by Gasteiger charge is -2.12.